The zero-order valence-corrected chi connectivity index (χ0v) is 11.4. The summed E-state index contributed by atoms with van der Waals surface area (Å²) in [6.07, 6.45) is 10.8. The largest absolute Gasteiger partial charge is 0.355 e. The minimum absolute atomic E-state index is 0.258. The standard InChI is InChI=1S/C15H26N2O/c18-15(16-10-12-7-8-12)11-17-9-3-5-13-4-1-2-6-14(13)17/h12-14H,1-11H2,(H,16,18). The molecule has 3 heteroatoms. The number of nitrogens with one attached hydrogen (secondary N) is 1. The quantitative estimate of drug-likeness (QED) is 0.829. The number of amides is 1. The lowest BCUT2D eigenvalue weighted by Gasteiger charge is -2.43. The fraction of sp³-hybridized carbons (Fsp3) is 0.933. The van der Waals surface area contributed by atoms with Crippen LogP contribution in [0, 0.1) is 11.8 Å². The predicted molar refractivity (Wildman–Crippen MR) is 72.3 cm³/mol. The van der Waals surface area contributed by atoms with Gasteiger partial charge in [-0.15, -0.1) is 0 Å². The Balaban J connectivity index is 1.48. The fourth-order valence-corrected chi connectivity index (χ4v) is 3.74. The van der Waals surface area contributed by atoms with Gasteiger partial charge in [0.05, 0.1) is 6.54 Å². The van der Waals surface area contributed by atoms with Gasteiger partial charge in [0, 0.05) is 12.6 Å². The van der Waals surface area contributed by atoms with Crippen molar-refractivity contribution >= 4 is 5.91 Å². The summed E-state index contributed by atoms with van der Waals surface area (Å²) in [6, 6.07) is 0.708. The lowest BCUT2D eigenvalue weighted by molar-refractivity contribution is -0.123. The molecule has 0 aromatic heterocycles. The van der Waals surface area contributed by atoms with E-state index in [0.29, 0.717) is 12.6 Å². The molecule has 1 saturated heterocycles. The van der Waals surface area contributed by atoms with E-state index >= 15 is 0 Å². The highest BCUT2D eigenvalue weighted by atomic mass is 16.2. The summed E-state index contributed by atoms with van der Waals surface area (Å²) < 4.78 is 0. The molecule has 18 heavy (non-hydrogen) atoms. The van der Waals surface area contributed by atoms with Gasteiger partial charge in [0.15, 0.2) is 0 Å². The van der Waals surface area contributed by atoms with Crippen LogP contribution in [0.2, 0.25) is 0 Å². The molecule has 1 aliphatic heterocycles. The first-order valence-electron chi connectivity index (χ1n) is 7.83. The first kappa shape index (κ1) is 12.5. The van der Waals surface area contributed by atoms with Crippen molar-refractivity contribution in [2.45, 2.75) is 57.4 Å². The zero-order chi connectivity index (χ0) is 12.4. The number of hydrogen-bond donors (Lipinski definition) is 1. The molecule has 1 heterocycles. The maximum absolute atomic E-state index is 12.0. The Hall–Kier alpha value is -0.570. The lowest BCUT2D eigenvalue weighted by atomic mass is 9.78. The Bertz CT molecular complexity index is 299. The average molecular weight is 250 g/mol. The summed E-state index contributed by atoms with van der Waals surface area (Å²) >= 11 is 0. The lowest BCUT2D eigenvalue weighted by Crippen LogP contribution is -2.50. The molecule has 2 saturated carbocycles. The second-order valence-corrected chi connectivity index (χ2v) is 6.47. The van der Waals surface area contributed by atoms with Crippen molar-refractivity contribution in [3.63, 3.8) is 0 Å². The SMILES string of the molecule is O=C(CN1CCCC2CCCCC21)NCC1CC1. The number of fused-ring (bicyclic) bond motifs is 1. The molecule has 3 aliphatic rings. The highest BCUT2D eigenvalue weighted by molar-refractivity contribution is 5.78. The first-order chi connectivity index (χ1) is 8.83. The zero-order valence-electron chi connectivity index (χ0n) is 11.4. The number of likely N-dealkylation sites (tertiary alicyclic amines) is 1. The number of carbonyl (C=O) groups is 1. The number of piperidine rings is 1. The monoisotopic (exact) mass is 250 g/mol. The summed E-state index contributed by atoms with van der Waals surface area (Å²) in [6.45, 7) is 2.70. The average Bonchev–Trinajstić information content (AvgIpc) is 3.21. The highest BCUT2D eigenvalue weighted by Crippen LogP contribution is 2.35. The van der Waals surface area contributed by atoms with Crippen LogP contribution in [0.5, 0.6) is 0 Å². The molecule has 102 valence electrons. The van der Waals surface area contributed by atoms with Gasteiger partial charge < -0.3 is 5.32 Å². The molecule has 2 unspecified atom stereocenters. The molecular formula is C15H26N2O. The van der Waals surface area contributed by atoms with Crippen molar-refractivity contribution in [2.75, 3.05) is 19.6 Å². The van der Waals surface area contributed by atoms with E-state index < -0.39 is 0 Å². The predicted octanol–water partition coefficient (Wildman–Crippen LogP) is 2.17. The molecule has 0 aromatic rings. The van der Waals surface area contributed by atoms with E-state index in [1.807, 2.05) is 0 Å². The van der Waals surface area contributed by atoms with Crippen LogP contribution in [-0.4, -0.2) is 36.5 Å². The maximum Gasteiger partial charge on any atom is 0.234 e. The molecule has 0 bridgehead atoms. The van der Waals surface area contributed by atoms with E-state index in [1.54, 1.807) is 0 Å². The van der Waals surface area contributed by atoms with Gasteiger partial charge in [0.1, 0.15) is 0 Å². The molecule has 3 rings (SSSR count). The van der Waals surface area contributed by atoms with E-state index in [-0.39, 0.29) is 5.91 Å². The van der Waals surface area contributed by atoms with Gasteiger partial charge in [-0.05, 0) is 56.9 Å². The topological polar surface area (TPSA) is 32.3 Å². The third-order valence-corrected chi connectivity index (χ3v) is 4.99. The van der Waals surface area contributed by atoms with Crippen molar-refractivity contribution in [2.24, 2.45) is 11.8 Å². The molecule has 2 atom stereocenters. The van der Waals surface area contributed by atoms with Crippen LogP contribution in [0.15, 0.2) is 0 Å². The van der Waals surface area contributed by atoms with Crippen LogP contribution >= 0.6 is 0 Å². The van der Waals surface area contributed by atoms with Crippen molar-refractivity contribution in [3.8, 4) is 0 Å². The number of hydrogen-bond acceptors (Lipinski definition) is 2. The summed E-state index contributed by atoms with van der Waals surface area (Å²) in [5.41, 5.74) is 0. The fourth-order valence-electron chi connectivity index (χ4n) is 3.74. The second kappa shape index (κ2) is 5.60. The van der Waals surface area contributed by atoms with Crippen LogP contribution < -0.4 is 5.32 Å². The third-order valence-electron chi connectivity index (χ3n) is 4.99. The van der Waals surface area contributed by atoms with E-state index in [9.17, 15) is 4.79 Å². The van der Waals surface area contributed by atoms with Crippen LogP contribution in [0.3, 0.4) is 0 Å². The number of rotatable bonds is 4. The Labute approximate surface area is 110 Å². The van der Waals surface area contributed by atoms with Crippen LogP contribution in [-0.2, 0) is 4.79 Å². The molecule has 1 amide bonds. The summed E-state index contributed by atoms with van der Waals surface area (Å²) in [7, 11) is 0. The second-order valence-electron chi connectivity index (χ2n) is 6.47. The Morgan fingerprint density at radius 2 is 1.83 bits per heavy atom. The molecule has 1 N–H and O–H groups in total. The van der Waals surface area contributed by atoms with Gasteiger partial charge in [-0.2, -0.15) is 0 Å². The molecule has 2 aliphatic carbocycles. The number of nitrogens with zero attached hydrogens (tertiary/aromatic N) is 1. The summed E-state index contributed by atoms with van der Waals surface area (Å²) in [5.74, 6) is 1.93. The van der Waals surface area contributed by atoms with Crippen molar-refractivity contribution < 1.29 is 4.79 Å². The van der Waals surface area contributed by atoms with Crippen molar-refractivity contribution in [1.29, 1.82) is 0 Å². The van der Waals surface area contributed by atoms with Gasteiger partial charge in [-0.1, -0.05) is 12.8 Å². The third kappa shape index (κ3) is 3.05. The molecule has 0 aromatic carbocycles. The van der Waals surface area contributed by atoms with Crippen LogP contribution in [0.25, 0.3) is 0 Å². The Kier molecular flexibility index (Phi) is 3.88. The minimum Gasteiger partial charge on any atom is -0.355 e. The molecule has 0 spiro atoms. The number of carbonyl (C=O) groups excluding carboxylic acids is 1. The summed E-state index contributed by atoms with van der Waals surface area (Å²) in [5, 5.41) is 3.11. The van der Waals surface area contributed by atoms with Gasteiger partial charge in [0.25, 0.3) is 0 Å². The van der Waals surface area contributed by atoms with Gasteiger partial charge >= 0.3 is 0 Å². The van der Waals surface area contributed by atoms with Gasteiger partial charge in [-0.3, -0.25) is 9.69 Å². The van der Waals surface area contributed by atoms with Crippen LogP contribution in [0.1, 0.15) is 51.4 Å². The van der Waals surface area contributed by atoms with Crippen LogP contribution in [0.4, 0.5) is 0 Å². The van der Waals surface area contributed by atoms with Crippen molar-refractivity contribution in [1.82, 2.24) is 10.2 Å². The van der Waals surface area contributed by atoms with E-state index in [4.69, 9.17) is 0 Å². The Morgan fingerprint density at radius 1 is 1.06 bits per heavy atom. The smallest absolute Gasteiger partial charge is 0.234 e. The highest BCUT2D eigenvalue weighted by Gasteiger charge is 2.34. The van der Waals surface area contributed by atoms with E-state index in [2.05, 4.69) is 10.2 Å². The van der Waals surface area contributed by atoms with E-state index in [1.165, 1.54) is 51.4 Å². The minimum atomic E-state index is 0.258. The van der Waals surface area contributed by atoms with Gasteiger partial charge in [0.2, 0.25) is 5.91 Å². The first-order valence-corrected chi connectivity index (χ1v) is 7.83. The van der Waals surface area contributed by atoms with Gasteiger partial charge in [-0.25, -0.2) is 0 Å². The molecule has 3 fully saturated rings. The molecule has 3 nitrogen and oxygen atoms in total. The van der Waals surface area contributed by atoms with E-state index in [0.717, 1.165) is 24.9 Å². The Morgan fingerprint density at radius 3 is 2.67 bits per heavy atom. The normalized spacial score (nSPS) is 32.9. The maximum atomic E-state index is 12.0. The molecular weight excluding hydrogens is 224 g/mol. The summed E-state index contributed by atoms with van der Waals surface area (Å²) in [4.78, 5) is 14.4. The van der Waals surface area contributed by atoms with Crippen molar-refractivity contribution in [3.05, 3.63) is 0 Å². The molecule has 0 radical (unpaired) electrons.